The number of benzene rings is 2. The Balaban J connectivity index is 2.12. The van der Waals surface area contributed by atoms with Gasteiger partial charge < -0.3 is 24.4 Å². The molecule has 0 radical (unpaired) electrons. The molecule has 2 aromatic carbocycles. The molecule has 6 nitrogen and oxygen atoms in total. The molecule has 2 aromatic rings. The molecule has 1 aliphatic heterocycles. The van der Waals surface area contributed by atoms with Crippen LogP contribution >= 0.6 is 0 Å². The topological polar surface area (TPSA) is 85.2 Å². The van der Waals surface area contributed by atoms with Crippen molar-refractivity contribution >= 4 is 5.78 Å². The predicted octanol–water partition coefficient (Wildman–Crippen LogP) is 4.33. The molecule has 3 rings (SSSR count). The summed E-state index contributed by atoms with van der Waals surface area (Å²) in [6.07, 6.45) is 1.88. The van der Waals surface area contributed by atoms with E-state index in [1.807, 2.05) is 19.9 Å². The van der Waals surface area contributed by atoms with Gasteiger partial charge in [0.1, 0.15) is 34.9 Å². The Morgan fingerprint density at radius 1 is 1.21 bits per heavy atom. The molecule has 1 atom stereocenters. The molecule has 2 N–H and O–H groups in total. The normalized spacial score (nSPS) is 15.4. The highest BCUT2D eigenvalue weighted by atomic mass is 16.5. The molecule has 1 aliphatic rings. The van der Waals surface area contributed by atoms with Crippen molar-refractivity contribution in [1.29, 1.82) is 0 Å². The SMILES string of the molecule is COc1cc(O)c(C2CC(=O)c3ccc(O)cc3O2)c(OC)c1CC=C(C)C. The average molecular weight is 384 g/mol. The summed E-state index contributed by atoms with van der Waals surface area (Å²) in [5.41, 5.74) is 2.69. The fourth-order valence-corrected chi connectivity index (χ4v) is 3.38. The van der Waals surface area contributed by atoms with Crippen molar-refractivity contribution in [3.05, 3.63) is 52.6 Å². The third kappa shape index (κ3) is 3.63. The van der Waals surface area contributed by atoms with Crippen LogP contribution in [0.1, 0.15) is 47.9 Å². The number of Topliss-reactive ketones (excluding diaryl/α,β-unsaturated/α-hetero) is 1. The maximum Gasteiger partial charge on any atom is 0.170 e. The van der Waals surface area contributed by atoms with Crippen LogP contribution in [0.4, 0.5) is 0 Å². The lowest BCUT2D eigenvalue weighted by atomic mass is 9.92. The van der Waals surface area contributed by atoms with E-state index in [0.29, 0.717) is 29.0 Å². The van der Waals surface area contributed by atoms with Crippen LogP contribution in [-0.4, -0.2) is 30.2 Å². The van der Waals surface area contributed by atoms with Crippen molar-refractivity contribution in [3.63, 3.8) is 0 Å². The molecule has 1 unspecified atom stereocenters. The summed E-state index contributed by atoms with van der Waals surface area (Å²) in [6.45, 7) is 3.99. The van der Waals surface area contributed by atoms with Crippen molar-refractivity contribution in [2.75, 3.05) is 14.2 Å². The first-order valence-electron chi connectivity index (χ1n) is 8.98. The maximum absolute atomic E-state index is 12.6. The van der Waals surface area contributed by atoms with E-state index < -0.39 is 6.10 Å². The molecule has 0 aliphatic carbocycles. The molecular weight excluding hydrogens is 360 g/mol. The van der Waals surface area contributed by atoms with Crippen LogP contribution < -0.4 is 14.2 Å². The van der Waals surface area contributed by atoms with Gasteiger partial charge in [0.2, 0.25) is 0 Å². The molecule has 1 heterocycles. The number of carbonyl (C=O) groups excluding carboxylic acids is 1. The van der Waals surface area contributed by atoms with Crippen molar-refractivity contribution in [2.45, 2.75) is 32.8 Å². The second-order valence-corrected chi connectivity index (χ2v) is 6.92. The van der Waals surface area contributed by atoms with E-state index in [2.05, 4.69) is 0 Å². The molecular formula is C22H24O6. The maximum atomic E-state index is 12.6. The lowest BCUT2D eigenvalue weighted by Gasteiger charge is -2.28. The van der Waals surface area contributed by atoms with Gasteiger partial charge in [0.05, 0.1) is 31.8 Å². The third-order valence-electron chi connectivity index (χ3n) is 4.73. The van der Waals surface area contributed by atoms with E-state index in [4.69, 9.17) is 14.2 Å². The lowest BCUT2D eigenvalue weighted by Crippen LogP contribution is -2.21. The van der Waals surface area contributed by atoms with Crippen molar-refractivity contribution < 1.29 is 29.2 Å². The zero-order valence-corrected chi connectivity index (χ0v) is 16.4. The van der Waals surface area contributed by atoms with Crippen LogP contribution in [0.25, 0.3) is 0 Å². The highest BCUT2D eigenvalue weighted by molar-refractivity contribution is 6.00. The summed E-state index contributed by atoms with van der Waals surface area (Å²) < 4.78 is 17.0. The zero-order chi connectivity index (χ0) is 20.4. The standard InChI is InChI=1S/C22H24O6/c1-12(2)5-7-15-18(26-3)11-17(25)21(22(15)27-4)20-10-16(24)14-8-6-13(23)9-19(14)28-20/h5-6,8-9,11,20,23,25H,7,10H2,1-4H3. The molecule has 0 bridgehead atoms. The van der Waals surface area contributed by atoms with Gasteiger partial charge in [-0.3, -0.25) is 4.79 Å². The van der Waals surface area contributed by atoms with Gasteiger partial charge in [-0.1, -0.05) is 11.6 Å². The Bertz CT molecular complexity index is 941. The van der Waals surface area contributed by atoms with E-state index in [-0.39, 0.29) is 29.5 Å². The number of phenolic OH excluding ortho intramolecular Hbond substituents is 2. The molecule has 0 amide bonds. The van der Waals surface area contributed by atoms with Crippen molar-refractivity contribution in [1.82, 2.24) is 0 Å². The van der Waals surface area contributed by atoms with E-state index in [1.165, 1.54) is 38.5 Å². The largest absolute Gasteiger partial charge is 0.508 e. The summed E-state index contributed by atoms with van der Waals surface area (Å²) in [7, 11) is 3.04. The molecule has 28 heavy (non-hydrogen) atoms. The van der Waals surface area contributed by atoms with Gasteiger partial charge in [0.25, 0.3) is 0 Å². The van der Waals surface area contributed by atoms with Crippen LogP contribution in [0.2, 0.25) is 0 Å². The number of rotatable bonds is 5. The first-order valence-corrected chi connectivity index (χ1v) is 8.98. The van der Waals surface area contributed by atoms with E-state index in [0.717, 1.165) is 11.1 Å². The molecule has 0 saturated carbocycles. The van der Waals surface area contributed by atoms with Gasteiger partial charge in [-0.05, 0) is 32.4 Å². The first kappa shape index (κ1) is 19.6. The lowest BCUT2D eigenvalue weighted by molar-refractivity contribution is 0.0843. The van der Waals surface area contributed by atoms with Crippen LogP contribution in [0.3, 0.4) is 0 Å². The van der Waals surface area contributed by atoms with Gasteiger partial charge in [-0.15, -0.1) is 0 Å². The molecule has 0 aromatic heterocycles. The Labute approximate surface area is 164 Å². The van der Waals surface area contributed by atoms with Crippen LogP contribution in [0.15, 0.2) is 35.9 Å². The second-order valence-electron chi connectivity index (χ2n) is 6.92. The Morgan fingerprint density at radius 2 is 1.96 bits per heavy atom. The number of fused-ring (bicyclic) bond motifs is 1. The number of methoxy groups -OCH3 is 2. The summed E-state index contributed by atoms with van der Waals surface area (Å²) in [5, 5.41) is 20.4. The summed E-state index contributed by atoms with van der Waals surface area (Å²) >= 11 is 0. The van der Waals surface area contributed by atoms with Gasteiger partial charge in [0.15, 0.2) is 5.78 Å². The number of carbonyl (C=O) groups is 1. The fourth-order valence-electron chi connectivity index (χ4n) is 3.38. The minimum Gasteiger partial charge on any atom is -0.508 e. The molecule has 0 fully saturated rings. The van der Waals surface area contributed by atoms with Crippen molar-refractivity contribution in [2.24, 2.45) is 0 Å². The third-order valence-corrected chi connectivity index (χ3v) is 4.73. The van der Waals surface area contributed by atoms with E-state index >= 15 is 0 Å². The van der Waals surface area contributed by atoms with Crippen LogP contribution in [0.5, 0.6) is 28.7 Å². The minimum atomic E-state index is -0.742. The number of hydrogen-bond donors (Lipinski definition) is 2. The smallest absolute Gasteiger partial charge is 0.170 e. The second kappa shape index (κ2) is 7.84. The number of aromatic hydroxyl groups is 2. The molecule has 0 saturated heterocycles. The number of phenols is 2. The Morgan fingerprint density at radius 3 is 2.61 bits per heavy atom. The van der Waals surface area contributed by atoms with Gasteiger partial charge >= 0.3 is 0 Å². The van der Waals surface area contributed by atoms with Crippen LogP contribution in [-0.2, 0) is 6.42 Å². The molecule has 148 valence electrons. The van der Waals surface area contributed by atoms with Crippen LogP contribution in [0, 0.1) is 0 Å². The number of hydrogen-bond acceptors (Lipinski definition) is 6. The first-order chi connectivity index (χ1) is 13.3. The molecule has 0 spiro atoms. The quantitative estimate of drug-likeness (QED) is 0.747. The van der Waals surface area contributed by atoms with Gasteiger partial charge in [0, 0.05) is 17.7 Å². The highest BCUT2D eigenvalue weighted by Crippen LogP contribution is 2.47. The summed E-state index contributed by atoms with van der Waals surface area (Å²) in [4.78, 5) is 12.6. The van der Waals surface area contributed by atoms with E-state index in [1.54, 1.807) is 0 Å². The van der Waals surface area contributed by atoms with Gasteiger partial charge in [-0.25, -0.2) is 0 Å². The monoisotopic (exact) mass is 384 g/mol. The average Bonchev–Trinajstić information content (AvgIpc) is 2.65. The minimum absolute atomic E-state index is 0.00219. The highest BCUT2D eigenvalue weighted by Gasteiger charge is 2.33. The Hall–Kier alpha value is -3.15. The predicted molar refractivity (Wildman–Crippen MR) is 105 cm³/mol. The van der Waals surface area contributed by atoms with Gasteiger partial charge in [-0.2, -0.15) is 0 Å². The summed E-state index contributed by atoms with van der Waals surface area (Å²) in [6, 6.07) is 5.90. The summed E-state index contributed by atoms with van der Waals surface area (Å²) in [5.74, 6) is 1.00. The van der Waals surface area contributed by atoms with E-state index in [9.17, 15) is 15.0 Å². The van der Waals surface area contributed by atoms with Crippen molar-refractivity contribution in [3.8, 4) is 28.7 Å². The number of allylic oxidation sites excluding steroid dienone is 2. The number of ether oxygens (including phenoxy) is 3. The number of ketones is 1. The zero-order valence-electron chi connectivity index (χ0n) is 16.4. The molecule has 6 heteroatoms. The Kier molecular flexibility index (Phi) is 5.49. The fraction of sp³-hybridized carbons (Fsp3) is 0.318.